The minimum Gasteiger partial charge on any atom is -0.304 e. The largest absolute Gasteiger partial charge is 0.304 e. The van der Waals surface area contributed by atoms with Gasteiger partial charge in [0.15, 0.2) is 0 Å². The first-order valence-electron chi connectivity index (χ1n) is 5.91. The van der Waals surface area contributed by atoms with Gasteiger partial charge in [-0.1, -0.05) is 29.8 Å². The Labute approximate surface area is 106 Å². The van der Waals surface area contributed by atoms with Crippen molar-refractivity contribution in [1.29, 1.82) is 0 Å². The van der Waals surface area contributed by atoms with Gasteiger partial charge in [0.2, 0.25) is 0 Å². The summed E-state index contributed by atoms with van der Waals surface area (Å²) >= 11 is 8.34. The molecule has 0 spiro atoms. The molecule has 3 rings (SSSR count). The quantitative estimate of drug-likeness (QED) is 0.886. The Balaban J connectivity index is 1.80. The molecule has 1 N–H and O–H groups in total. The van der Waals surface area contributed by atoms with Crippen LogP contribution in [0.1, 0.15) is 24.8 Å². The van der Waals surface area contributed by atoms with Gasteiger partial charge in [0.05, 0.1) is 0 Å². The third-order valence-electron chi connectivity index (χ3n) is 3.55. The first-order chi connectivity index (χ1) is 7.80. The number of hydrogen-bond donors (Lipinski definition) is 1. The molecule has 1 heterocycles. The number of halogens is 1. The van der Waals surface area contributed by atoms with Crippen LogP contribution in [0.4, 0.5) is 0 Å². The molecule has 3 heteroatoms. The van der Waals surface area contributed by atoms with Crippen LogP contribution in [0.3, 0.4) is 0 Å². The summed E-state index contributed by atoms with van der Waals surface area (Å²) in [6.45, 7) is 0. The van der Waals surface area contributed by atoms with Gasteiger partial charge in [0, 0.05) is 22.4 Å². The maximum absolute atomic E-state index is 6.29. The van der Waals surface area contributed by atoms with Crippen molar-refractivity contribution in [2.24, 2.45) is 0 Å². The zero-order valence-corrected chi connectivity index (χ0v) is 10.8. The van der Waals surface area contributed by atoms with E-state index in [4.69, 9.17) is 11.6 Å². The maximum Gasteiger partial charge on any atom is 0.0456 e. The summed E-state index contributed by atoms with van der Waals surface area (Å²) in [5.41, 5.74) is 1.50. The second-order valence-corrected chi connectivity index (χ2v) is 6.32. The minimum absolute atomic E-state index is 0.202. The first kappa shape index (κ1) is 10.9. The molecule has 1 nitrogen and oxygen atoms in total. The highest BCUT2D eigenvalue weighted by Gasteiger charge is 2.46. The topological polar surface area (TPSA) is 12.0 Å². The molecule has 1 saturated heterocycles. The fraction of sp³-hybridized carbons (Fsp3) is 0.538. The van der Waals surface area contributed by atoms with Crippen LogP contribution in [0.5, 0.6) is 0 Å². The lowest BCUT2D eigenvalue weighted by molar-refractivity contribution is 0.445. The van der Waals surface area contributed by atoms with Crippen LogP contribution in [0.25, 0.3) is 0 Å². The summed E-state index contributed by atoms with van der Waals surface area (Å²) in [5, 5.41) is 4.73. The van der Waals surface area contributed by atoms with Gasteiger partial charge in [-0.05, 0) is 36.6 Å². The van der Waals surface area contributed by atoms with E-state index in [-0.39, 0.29) is 5.54 Å². The van der Waals surface area contributed by atoms with E-state index in [1.165, 1.54) is 36.3 Å². The predicted molar refractivity (Wildman–Crippen MR) is 71.2 cm³/mol. The average Bonchev–Trinajstić information content (AvgIpc) is 2.87. The molecule has 1 saturated carbocycles. The second-order valence-electron chi connectivity index (χ2n) is 4.77. The molecule has 0 aromatic heterocycles. The Hall–Kier alpha value is -0.180. The second kappa shape index (κ2) is 4.25. The Morgan fingerprint density at radius 1 is 1.31 bits per heavy atom. The van der Waals surface area contributed by atoms with Gasteiger partial charge in [0.25, 0.3) is 0 Å². The molecule has 1 aliphatic heterocycles. The number of hydrogen-bond acceptors (Lipinski definition) is 2. The van der Waals surface area contributed by atoms with Crippen molar-refractivity contribution in [3.63, 3.8) is 0 Å². The summed E-state index contributed by atoms with van der Waals surface area (Å²) in [6, 6.07) is 8.95. The van der Waals surface area contributed by atoms with E-state index in [0.717, 1.165) is 5.02 Å². The number of rotatable bonds is 3. The highest BCUT2D eigenvalue weighted by Crippen LogP contribution is 2.48. The minimum atomic E-state index is 0.202. The number of benzene rings is 1. The Bertz CT molecular complexity index is 383. The van der Waals surface area contributed by atoms with Crippen molar-refractivity contribution < 1.29 is 0 Å². The molecule has 0 radical (unpaired) electrons. The summed E-state index contributed by atoms with van der Waals surface area (Å²) in [7, 11) is 0. The Morgan fingerprint density at radius 2 is 2.12 bits per heavy atom. The molecule has 1 atom stereocenters. The third kappa shape index (κ3) is 1.99. The Kier molecular flexibility index (Phi) is 2.90. The molecule has 86 valence electrons. The van der Waals surface area contributed by atoms with Crippen LogP contribution >= 0.6 is 23.4 Å². The van der Waals surface area contributed by atoms with Gasteiger partial charge in [-0.3, -0.25) is 0 Å². The molecule has 1 aromatic carbocycles. The van der Waals surface area contributed by atoms with Crippen LogP contribution in [-0.2, 0) is 5.54 Å². The molecule has 2 fully saturated rings. The number of thioether (sulfide) groups is 1. The van der Waals surface area contributed by atoms with Crippen LogP contribution in [-0.4, -0.2) is 17.5 Å². The van der Waals surface area contributed by atoms with E-state index in [1.54, 1.807) is 0 Å². The summed E-state index contributed by atoms with van der Waals surface area (Å²) in [6.07, 6.45) is 3.77. The molecule has 1 unspecified atom stereocenters. The summed E-state index contributed by atoms with van der Waals surface area (Å²) in [4.78, 5) is 0. The van der Waals surface area contributed by atoms with Crippen molar-refractivity contribution in [2.45, 2.75) is 30.8 Å². The zero-order chi connectivity index (χ0) is 11.0. The lowest BCUT2D eigenvalue weighted by Crippen LogP contribution is -2.38. The van der Waals surface area contributed by atoms with Crippen LogP contribution in [0.2, 0.25) is 5.02 Å². The lowest BCUT2D eigenvalue weighted by Gasteiger charge is -2.23. The fourth-order valence-corrected chi connectivity index (χ4v) is 3.97. The Morgan fingerprint density at radius 3 is 2.75 bits per heavy atom. The molecule has 16 heavy (non-hydrogen) atoms. The van der Waals surface area contributed by atoms with E-state index in [1.807, 2.05) is 12.1 Å². The third-order valence-corrected chi connectivity index (χ3v) is 5.04. The van der Waals surface area contributed by atoms with Crippen molar-refractivity contribution in [3.8, 4) is 0 Å². The van der Waals surface area contributed by atoms with E-state index in [0.29, 0.717) is 6.04 Å². The lowest BCUT2D eigenvalue weighted by atomic mass is 10.0. The van der Waals surface area contributed by atoms with Gasteiger partial charge in [-0.2, -0.15) is 11.8 Å². The van der Waals surface area contributed by atoms with Crippen molar-refractivity contribution in [1.82, 2.24) is 5.32 Å². The van der Waals surface area contributed by atoms with E-state index in [2.05, 4.69) is 29.2 Å². The summed E-state index contributed by atoms with van der Waals surface area (Å²) < 4.78 is 0. The van der Waals surface area contributed by atoms with E-state index < -0.39 is 0 Å². The molecule has 2 aliphatic rings. The smallest absolute Gasteiger partial charge is 0.0456 e. The monoisotopic (exact) mass is 253 g/mol. The highest BCUT2D eigenvalue weighted by atomic mass is 35.5. The summed E-state index contributed by atoms with van der Waals surface area (Å²) in [5.74, 6) is 2.56. The zero-order valence-electron chi connectivity index (χ0n) is 9.21. The molecule has 0 amide bonds. The van der Waals surface area contributed by atoms with Gasteiger partial charge < -0.3 is 5.32 Å². The van der Waals surface area contributed by atoms with Gasteiger partial charge in [-0.15, -0.1) is 0 Å². The molecule has 1 aromatic rings. The van der Waals surface area contributed by atoms with E-state index >= 15 is 0 Å². The number of nitrogens with one attached hydrogen (secondary N) is 1. The van der Waals surface area contributed by atoms with Crippen LogP contribution in [0.15, 0.2) is 24.3 Å². The van der Waals surface area contributed by atoms with E-state index in [9.17, 15) is 0 Å². The van der Waals surface area contributed by atoms with Gasteiger partial charge in [0.1, 0.15) is 0 Å². The molecular weight excluding hydrogens is 238 g/mol. The van der Waals surface area contributed by atoms with Crippen molar-refractivity contribution >= 4 is 23.4 Å². The van der Waals surface area contributed by atoms with Gasteiger partial charge in [-0.25, -0.2) is 0 Å². The van der Waals surface area contributed by atoms with Crippen molar-refractivity contribution in [2.75, 3.05) is 11.5 Å². The van der Waals surface area contributed by atoms with Crippen LogP contribution < -0.4 is 5.32 Å². The normalized spacial score (nSPS) is 26.9. The molecular formula is C13H16ClNS. The standard InChI is InChI=1S/C13H16ClNS/c14-12-4-2-1-3-11(12)13(6-7-13)15-10-5-8-16-9-10/h1-4,10,15H,5-9H2. The van der Waals surface area contributed by atoms with Crippen LogP contribution in [0, 0.1) is 0 Å². The van der Waals surface area contributed by atoms with Crippen molar-refractivity contribution in [3.05, 3.63) is 34.9 Å². The maximum atomic E-state index is 6.29. The average molecular weight is 254 g/mol. The van der Waals surface area contributed by atoms with Gasteiger partial charge >= 0.3 is 0 Å². The molecule has 0 bridgehead atoms. The highest BCUT2D eigenvalue weighted by molar-refractivity contribution is 7.99. The molecule has 1 aliphatic carbocycles. The SMILES string of the molecule is Clc1ccccc1C1(NC2CCSC2)CC1. The first-order valence-corrected chi connectivity index (χ1v) is 7.44. The predicted octanol–water partition coefficient (Wildman–Crippen LogP) is 3.42. The fourth-order valence-electron chi connectivity index (χ4n) is 2.50.